The number of carbonyl (C=O) groups excluding carboxylic acids is 3. The van der Waals surface area contributed by atoms with Crippen LogP contribution in [0, 0.1) is 0 Å². The van der Waals surface area contributed by atoms with Gasteiger partial charge in [0.05, 0.1) is 12.1 Å². The Labute approximate surface area is 302 Å². The second kappa shape index (κ2) is 15.1. The number of ether oxygens (including phenoxy) is 4. The average molecular weight is 707 g/mol. The lowest BCUT2D eigenvalue weighted by molar-refractivity contribution is -0.0408. The Morgan fingerprint density at radius 2 is 0.981 bits per heavy atom. The maximum Gasteiger partial charge on any atom is 0.321 e. The number of fused-ring (bicyclic) bond motifs is 2. The fourth-order valence-corrected chi connectivity index (χ4v) is 7.19. The number of carbonyl (C=O) groups is 3. The van der Waals surface area contributed by atoms with Gasteiger partial charge in [0.25, 0.3) is 0 Å². The predicted octanol–water partition coefficient (Wildman–Crippen LogP) is 5.02. The molecule has 52 heavy (non-hydrogen) atoms. The van der Waals surface area contributed by atoms with Crippen molar-refractivity contribution in [2.45, 2.75) is 64.1 Å². The molecule has 0 spiro atoms. The minimum Gasteiger partial charge on any atom is -0.486 e. The lowest BCUT2D eigenvalue weighted by atomic mass is 9.90. The van der Waals surface area contributed by atoms with E-state index in [-0.39, 0.29) is 37.5 Å². The molecule has 2 amide bonds. The zero-order valence-electron chi connectivity index (χ0n) is 29.2. The van der Waals surface area contributed by atoms with Gasteiger partial charge in [0, 0.05) is 24.2 Å². The summed E-state index contributed by atoms with van der Waals surface area (Å²) in [6.45, 7) is 4.77. The average Bonchev–Trinajstić information content (AvgIpc) is 3.22. The molecule has 0 aromatic heterocycles. The van der Waals surface area contributed by atoms with Crippen molar-refractivity contribution < 1.29 is 43.5 Å². The highest BCUT2D eigenvalue weighted by Crippen LogP contribution is 2.36. The minimum absolute atomic E-state index is 0.0552. The zero-order chi connectivity index (χ0) is 36.4. The third-order valence-electron chi connectivity index (χ3n) is 9.91. The van der Waals surface area contributed by atoms with Crippen LogP contribution in [0.15, 0.2) is 84.9 Å². The molecule has 1 saturated heterocycles. The van der Waals surface area contributed by atoms with Crippen LogP contribution < -0.4 is 18.9 Å². The molecule has 0 saturated carbocycles. The lowest BCUT2D eigenvalue weighted by Gasteiger charge is -2.36. The summed E-state index contributed by atoms with van der Waals surface area (Å²) in [5.41, 5.74) is 3.94. The van der Waals surface area contributed by atoms with Gasteiger partial charge in [-0.15, -0.1) is 0 Å². The van der Waals surface area contributed by atoms with Crippen LogP contribution >= 0.6 is 0 Å². The van der Waals surface area contributed by atoms with Crippen LogP contribution in [0.5, 0.6) is 23.0 Å². The number of amides is 2. The number of rotatable bonds is 10. The van der Waals surface area contributed by atoms with Crippen molar-refractivity contribution in [2.75, 3.05) is 26.4 Å². The minimum atomic E-state index is -1.39. The summed E-state index contributed by atoms with van der Waals surface area (Å²) >= 11 is 0. The largest absolute Gasteiger partial charge is 0.486 e. The fraction of sp³-hybridized carbons (Fsp3) is 0.341. The monoisotopic (exact) mass is 706 g/mol. The second-order valence-corrected chi connectivity index (χ2v) is 13.5. The number of benzene rings is 4. The molecular formula is C41H42N2O9. The van der Waals surface area contributed by atoms with E-state index in [1.165, 1.54) is 13.8 Å². The van der Waals surface area contributed by atoms with Crippen molar-refractivity contribution >= 4 is 17.6 Å². The van der Waals surface area contributed by atoms with Gasteiger partial charge in [-0.1, -0.05) is 48.5 Å². The number of Topliss-reactive ketones (excluding diaryl/α,β-unsaturated/α-hetero) is 2. The van der Waals surface area contributed by atoms with Gasteiger partial charge in [-0.3, -0.25) is 9.59 Å². The van der Waals surface area contributed by atoms with E-state index in [4.69, 9.17) is 18.9 Å². The molecule has 0 aliphatic carbocycles. The van der Waals surface area contributed by atoms with Gasteiger partial charge in [-0.25, -0.2) is 4.79 Å². The molecule has 4 aromatic rings. The van der Waals surface area contributed by atoms with E-state index in [0.717, 1.165) is 11.1 Å². The number of nitrogens with zero attached hydrogens (tertiary/aromatic N) is 2. The van der Waals surface area contributed by atoms with E-state index in [1.807, 2.05) is 48.5 Å². The highest BCUT2D eigenvalue weighted by Gasteiger charge is 2.46. The highest BCUT2D eigenvalue weighted by atomic mass is 16.6. The van der Waals surface area contributed by atoms with Gasteiger partial charge in [0.15, 0.2) is 34.6 Å². The fourth-order valence-electron chi connectivity index (χ4n) is 7.19. The lowest BCUT2D eigenvalue weighted by Crippen LogP contribution is -2.50. The van der Waals surface area contributed by atoms with E-state index in [9.17, 15) is 19.8 Å². The molecule has 4 atom stereocenters. The van der Waals surface area contributed by atoms with Crippen molar-refractivity contribution in [1.29, 1.82) is 0 Å². The Morgan fingerprint density at radius 1 is 0.577 bits per heavy atom. The molecule has 4 aromatic carbocycles. The summed E-state index contributed by atoms with van der Waals surface area (Å²) in [6, 6.07) is 23.0. The molecule has 11 heteroatoms. The molecule has 2 N–H and O–H groups in total. The first-order valence-electron chi connectivity index (χ1n) is 17.5. The normalized spacial score (nSPS) is 21.0. The standard InChI is InChI=1S/C41H42N2O9/c1-25(44)31-7-3-5-29(17-31)23-42-33(19-27-9-11-35-37(21-27)51-15-13-49-35)39(46)40(47)34(20-28-10-12-36-38(22-28)52-16-14-50-36)43(41(42)48)24-30-6-4-8-32(18-30)26(2)45/h3-12,17-18,21-22,33-34,39-40,46-47H,13-16,19-20,23-24H2,1-2H3/t33-,34-,39+,40+/m1/s1. The summed E-state index contributed by atoms with van der Waals surface area (Å²) in [7, 11) is 0. The SMILES string of the molecule is CC(=O)c1cccc(CN2C(=O)N(Cc3cccc(C(C)=O)c3)[C@H](Cc3ccc4c(c3)OCCO4)[C@H](O)[C@@H](O)[C@H]2Cc2ccc3c(c2)OCCO3)c1. The summed E-state index contributed by atoms with van der Waals surface area (Å²) in [5, 5.41) is 24.4. The van der Waals surface area contributed by atoms with Crippen LogP contribution in [0.25, 0.3) is 0 Å². The number of aliphatic hydroxyl groups is 2. The van der Waals surface area contributed by atoms with Crippen LogP contribution in [0.4, 0.5) is 4.79 Å². The molecule has 7 rings (SSSR count). The molecule has 0 radical (unpaired) electrons. The second-order valence-electron chi connectivity index (χ2n) is 13.5. The van der Waals surface area contributed by atoms with Crippen LogP contribution in [0.2, 0.25) is 0 Å². The van der Waals surface area contributed by atoms with Gasteiger partial charge in [0.2, 0.25) is 0 Å². The zero-order valence-corrected chi connectivity index (χ0v) is 29.2. The van der Waals surface area contributed by atoms with E-state index in [1.54, 1.807) is 46.2 Å². The predicted molar refractivity (Wildman–Crippen MR) is 191 cm³/mol. The van der Waals surface area contributed by atoms with Crippen molar-refractivity contribution in [3.05, 3.63) is 118 Å². The van der Waals surface area contributed by atoms with Crippen LogP contribution in [-0.2, 0) is 25.9 Å². The van der Waals surface area contributed by atoms with E-state index in [2.05, 4.69) is 0 Å². The maximum absolute atomic E-state index is 15.2. The van der Waals surface area contributed by atoms with Crippen molar-refractivity contribution in [1.82, 2.24) is 9.80 Å². The Morgan fingerprint density at radius 3 is 1.38 bits per heavy atom. The molecule has 11 nitrogen and oxygen atoms in total. The van der Waals surface area contributed by atoms with Crippen LogP contribution in [0.1, 0.15) is 56.8 Å². The summed E-state index contributed by atoms with van der Waals surface area (Å²) in [6.07, 6.45) is -2.39. The van der Waals surface area contributed by atoms with Crippen LogP contribution in [-0.4, -0.2) is 88.3 Å². The Hall–Kier alpha value is -5.39. The molecular weight excluding hydrogens is 664 g/mol. The Kier molecular flexibility index (Phi) is 10.2. The molecule has 3 aliphatic heterocycles. The van der Waals surface area contributed by atoms with E-state index in [0.29, 0.717) is 71.7 Å². The van der Waals surface area contributed by atoms with Gasteiger partial charge >= 0.3 is 6.03 Å². The molecule has 3 heterocycles. The van der Waals surface area contributed by atoms with Crippen molar-refractivity contribution in [3.8, 4) is 23.0 Å². The molecule has 3 aliphatic rings. The van der Waals surface area contributed by atoms with Gasteiger partial charge in [-0.05, 0) is 85.3 Å². The third-order valence-corrected chi connectivity index (χ3v) is 9.91. The topological polar surface area (TPSA) is 135 Å². The summed E-state index contributed by atoms with van der Waals surface area (Å²) in [4.78, 5) is 43.0. The first-order valence-corrected chi connectivity index (χ1v) is 17.5. The van der Waals surface area contributed by atoms with Gasteiger partial charge < -0.3 is 39.0 Å². The maximum atomic E-state index is 15.2. The molecule has 270 valence electrons. The number of urea groups is 1. The molecule has 0 bridgehead atoms. The molecule has 1 fully saturated rings. The summed E-state index contributed by atoms with van der Waals surface area (Å²) < 4.78 is 23.1. The Bertz CT molecular complexity index is 1840. The van der Waals surface area contributed by atoms with Crippen molar-refractivity contribution in [3.63, 3.8) is 0 Å². The van der Waals surface area contributed by atoms with Gasteiger partial charge in [-0.2, -0.15) is 0 Å². The first-order chi connectivity index (χ1) is 25.1. The molecule has 0 unspecified atom stereocenters. The number of aliphatic hydroxyl groups excluding tert-OH is 2. The number of ketones is 2. The number of hydrogen-bond donors (Lipinski definition) is 2. The third kappa shape index (κ3) is 7.46. The van der Waals surface area contributed by atoms with Crippen molar-refractivity contribution in [2.24, 2.45) is 0 Å². The Balaban J connectivity index is 1.31. The summed E-state index contributed by atoms with van der Waals surface area (Å²) in [5.74, 6) is 2.15. The highest BCUT2D eigenvalue weighted by molar-refractivity contribution is 5.94. The van der Waals surface area contributed by atoms with Gasteiger partial charge in [0.1, 0.15) is 38.6 Å². The van der Waals surface area contributed by atoms with E-state index < -0.39 is 30.3 Å². The van der Waals surface area contributed by atoms with Crippen LogP contribution in [0.3, 0.4) is 0 Å². The number of hydrogen-bond acceptors (Lipinski definition) is 9. The quantitative estimate of drug-likeness (QED) is 0.218. The first kappa shape index (κ1) is 35.0. The van der Waals surface area contributed by atoms with E-state index >= 15 is 4.79 Å². The smallest absolute Gasteiger partial charge is 0.321 e.